The van der Waals surface area contributed by atoms with Gasteiger partial charge >= 0.3 is 6.09 Å². The number of rotatable bonds is 2. The summed E-state index contributed by atoms with van der Waals surface area (Å²) in [6.07, 6.45) is 1.63. The second kappa shape index (κ2) is 6.32. The second-order valence-electron chi connectivity index (χ2n) is 6.56. The molecule has 0 N–H and O–H groups in total. The summed E-state index contributed by atoms with van der Waals surface area (Å²) < 4.78 is 5.47. The van der Waals surface area contributed by atoms with E-state index in [1.165, 1.54) is 0 Å². The van der Waals surface area contributed by atoms with Crippen LogP contribution < -0.4 is 0 Å². The van der Waals surface area contributed by atoms with Gasteiger partial charge in [-0.15, -0.1) is 11.3 Å². The molecular weight excluding hydrogens is 286 g/mol. The van der Waals surface area contributed by atoms with Gasteiger partial charge in [-0.05, 0) is 34.6 Å². The number of hydrogen-bond donors (Lipinski definition) is 0. The van der Waals surface area contributed by atoms with E-state index < -0.39 is 5.60 Å². The Morgan fingerprint density at radius 2 is 2.19 bits per heavy atom. The maximum absolute atomic E-state index is 12.2. The van der Waals surface area contributed by atoms with Gasteiger partial charge in [-0.2, -0.15) is 0 Å². The average Bonchev–Trinajstić information content (AvgIpc) is 2.89. The molecule has 1 fully saturated rings. The Bertz CT molecular complexity index is 470. The van der Waals surface area contributed by atoms with E-state index in [1.807, 2.05) is 37.2 Å². The number of hydrogen-bond acceptors (Lipinski definition) is 5. The third-order valence-electron chi connectivity index (χ3n) is 3.64. The molecule has 5 nitrogen and oxygen atoms in total. The number of thiazole rings is 1. The fourth-order valence-electron chi connectivity index (χ4n) is 2.53. The molecule has 1 aromatic heterocycles. The molecule has 2 rings (SSSR count). The van der Waals surface area contributed by atoms with E-state index in [9.17, 15) is 4.79 Å². The van der Waals surface area contributed by atoms with Gasteiger partial charge in [0.05, 0.1) is 6.04 Å². The van der Waals surface area contributed by atoms with Gasteiger partial charge in [-0.1, -0.05) is 0 Å². The first-order valence-corrected chi connectivity index (χ1v) is 8.29. The van der Waals surface area contributed by atoms with Gasteiger partial charge in [0, 0.05) is 37.3 Å². The number of carbonyl (C=O) groups excluding carboxylic acids is 1. The highest BCUT2D eigenvalue weighted by Gasteiger charge is 2.33. The maximum atomic E-state index is 12.2. The summed E-state index contributed by atoms with van der Waals surface area (Å²) in [7, 11) is 0. The van der Waals surface area contributed by atoms with Crippen LogP contribution in [0, 0.1) is 0 Å². The summed E-state index contributed by atoms with van der Waals surface area (Å²) in [5, 5.41) is 3.14. The first kappa shape index (κ1) is 16.2. The highest BCUT2D eigenvalue weighted by Crippen LogP contribution is 2.25. The van der Waals surface area contributed by atoms with Crippen molar-refractivity contribution in [3.8, 4) is 0 Å². The van der Waals surface area contributed by atoms with Crippen LogP contribution in [-0.4, -0.2) is 52.2 Å². The molecule has 21 heavy (non-hydrogen) atoms. The van der Waals surface area contributed by atoms with Crippen molar-refractivity contribution < 1.29 is 9.53 Å². The molecular formula is C15H25N3O2S. The van der Waals surface area contributed by atoms with E-state index in [1.54, 1.807) is 11.3 Å². The van der Waals surface area contributed by atoms with E-state index in [0.717, 1.165) is 18.1 Å². The minimum atomic E-state index is -0.442. The van der Waals surface area contributed by atoms with Gasteiger partial charge in [0.25, 0.3) is 0 Å². The van der Waals surface area contributed by atoms with Crippen molar-refractivity contribution in [2.24, 2.45) is 0 Å². The molecule has 0 bridgehead atoms. The topological polar surface area (TPSA) is 45.7 Å². The van der Waals surface area contributed by atoms with Gasteiger partial charge in [-0.3, -0.25) is 4.90 Å². The third-order valence-corrected chi connectivity index (χ3v) is 4.59. The minimum Gasteiger partial charge on any atom is -0.444 e. The van der Waals surface area contributed by atoms with Crippen LogP contribution in [0.5, 0.6) is 0 Å². The molecule has 1 saturated heterocycles. The van der Waals surface area contributed by atoms with E-state index >= 15 is 0 Å². The van der Waals surface area contributed by atoms with Crippen molar-refractivity contribution in [3.05, 3.63) is 16.6 Å². The van der Waals surface area contributed by atoms with E-state index in [4.69, 9.17) is 4.74 Å². The lowest BCUT2D eigenvalue weighted by Gasteiger charge is -2.42. The SMILES string of the molecule is CC(c1nccs1)N1CCN(C(=O)OC(C)(C)C)C(C)C1. The molecule has 0 radical (unpaired) electrons. The van der Waals surface area contributed by atoms with Crippen molar-refractivity contribution in [2.45, 2.75) is 52.3 Å². The van der Waals surface area contributed by atoms with Crippen LogP contribution >= 0.6 is 11.3 Å². The third kappa shape index (κ3) is 4.17. The van der Waals surface area contributed by atoms with Crippen molar-refractivity contribution in [1.82, 2.24) is 14.8 Å². The molecule has 1 aliphatic heterocycles. The zero-order chi connectivity index (χ0) is 15.6. The van der Waals surface area contributed by atoms with Crippen LogP contribution in [0.1, 0.15) is 45.7 Å². The summed E-state index contributed by atoms with van der Waals surface area (Å²) >= 11 is 1.68. The predicted octanol–water partition coefficient (Wildman–Crippen LogP) is 3.15. The van der Waals surface area contributed by atoms with Crippen LogP contribution in [-0.2, 0) is 4.74 Å². The molecule has 118 valence electrons. The summed E-state index contributed by atoms with van der Waals surface area (Å²) in [5.41, 5.74) is -0.442. The highest BCUT2D eigenvalue weighted by atomic mass is 32.1. The molecule has 1 aliphatic rings. The first-order chi connectivity index (χ1) is 9.78. The number of ether oxygens (including phenoxy) is 1. The van der Waals surface area contributed by atoms with Crippen LogP contribution in [0.3, 0.4) is 0 Å². The summed E-state index contributed by atoms with van der Waals surface area (Å²) in [6.45, 7) is 12.3. The Kier molecular flexibility index (Phi) is 4.88. The molecule has 1 aromatic rings. The average molecular weight is 311 g/mol. The Morgan fingerprint density at radius 3 is 2.71 bits per heavy atom. The lowest BCUT2D eigenvalue weighted by molar-refractivity contribution is -0.00349. The predicted molar refractivity (Wildman–Crippen MR) is 84.5 cm³/mol. The number of amides is 1. The number of piperazine rings is 1. The summed E-state index contributed by atoms with van der Waals surface area (Å²) in [4.78, 5) is 20.8. The van der Waals surface area contributed by atoms with Crippen LogP contribution in [0.4, 0.5) is 4.79 Å². The fourth-order valence-corrected chi connectivity index (χ4v) is 3.26. The van der Waals surface area contributed by atoms with Crippen LogP contribution in [0.25, 0.3) is 0 Å². The summed E-state index contributed by atoms with van der Waals surface area (Å²) in [5.74, 6) is 0. The fraction of sp³-hybridized carbons (Fsp3) is 0.733. The molecule has 2 heterocycles. The van der Waals surface area contributed by atoms with Gasteiger partial charge < -0.3 is 9.64 Å². The lowest BCUT2D eigenvalue weighted by Crippen LogP contribution is -2.55. The Hall–Kier alpha value is -1.14. The van der Waals surface area contributed by atoms with Crippen molar-refractivity contribution in [2.75, 3.05) is 19.6 Å². The Labute approximate surface area is 130 Å². The first-order valence-electron chi connectivity index (χ1n) is 7.41. The van der Waals surface area contributed by atoms with Crippen molar-refractivity contribution >= 4 is 17.4 Å². The van der Waals surface area contributed by atoms with Gasteiger partial charge in [-0.25, -0.2) is 9.78 Å². The molecule has 0 aliphatic carbocycles. The molecule has 2 unspecified atom stereocenters. The van der Waals surface area contributed by atoms with E-state index in [-0.39, 0.29) is 12.1 Å². The van der Waals surface area contributed by atoms with Crippen molar-refractivity contribution in [1.29, 1.82) is 0 Å². The zero-order valence-corrected chi connectivity index (χ0v) is 14.3. The molecule has 0 saturated carbocycles. The molecule has 0 aromatic carbocycles. The number of aromatic nitrogens is 1. The molecule has 1 amide bonds. The Morgan fingerprint density at radius 1 is 1.48 bits per heavy atom. The van der Waals surface area contributed by atoms with Gasteiger partial charge in [0.1, 0.15) is 10.6 Å². The van der Waals surface area contributed by atoms with Crippen LogP contribution in [0.2, 0.25) is 0 Å². The second-order valence-corrected chi connectivity index (χ2v) is 7.49. The van der Waals surface area contributed by atoms with E-state index in [0.29, 0.717) is 12.6 Å². The molecule has 0 spiro atoms. The molecule has 2 atom stereocenters. The van der Waals surface area contributed by atoms with Gasteiger partial charge in [0.2, 0.25) is 0 Å². The van der Waals surface area contributed by atoms with Crippen molar-refractivity contribution in [3.63, 3.8) is 0 Å². The number of carbonyl (C=O) groups is 1. The standard InChI is InChI=1S/C15H25N3O2S/c1-11-10-17(12(2)13-16-6-9-21-13)7-8-18(11)14(19)20-15(3,4)5/h6,9,11-12H,7-8,10H2,1-5H3. The molecule has 6 heteroatoms. The Balaban J connectivity index is 1.94. The monoisotopic (exact) mass is 311 g/mol. The van der Waals surface area contributed by atoms with Crippen LogP contribution in [0.15, 0.2) is 11.6 Å². The normalized spacial score (nSPS) is 22.1. The van der Waals surface area contributed by atoms with Gasteiger partial charge in [0.15, 0.2) is 0 Å². The minimum absolute atomic E-state index is 0.149. The highest BCUT2D eigenvalue weighted by molar-refractivity contribution is 7.09. The quantitative estimate of drug-likeness (QED) is 0.842. The zero-order valence-electron chi connectivity index (χ0n) is 13.5. The maximum Gasteiger partial charge on any atom is 0.410 e. The lowest BCUT2D eigenvalue weighted by atomic mass is 10.1. The summed E-state index contributed by atoms with van der Waals surface area (Å²) in [6, 6.07) is 0.448. The largest absolute Gasteiger partial charge is 0.444 e. The number of nitrogens with zero attached hydrogens (tertiary/aromatic N) is 3. The smallest absolute Gasteiger partial charge is 0.410 e. The van der Waals surface area contributed by atoms with E-state index in [2.05, 4.69) is 23.7 Å².